The summed E-state index contributed by atoms with van der Waals surface area (Å²) in [4.78, 5) is 19.9. The first-order valence-electron chi connectivity index (χ1n) is 6.68. The van der Waals surface area contributed by atoms with Gasteiger partial charge < -0.3 is 35.5 Å². The molecule has 2 aromatic rings. The van der Waals surface area contributed by atoms with Gasteiger partial charge in [-0.1, -0.05) is 12.1 Å². The average Bonchev–Trinajstić information content (AvgIpc) is 2.52. The van der Waals surface area contributed by atoms with E-state index in [2.05, 4.69) is 25.3 Å². The third-order valence-corrected chi connectivity index (χ3v) is 5.34. The van der Waals surface area contributed by atoms with Crippen molar-refractivity contribution in [2.24, 2.45) is 0 Å². The van der Waals surface area contributed by atoms with Gasteiger partial charge in [0.2, 0.25) is 0 Å². The number of carboxylic acids is 2. The monoisotopic (exact) mass is 512 g/mol. The summed E-state index contributed by atoms with van der Waals surface area (Å²) in [5, 5.41) is 17.2. The van der Waals surface area contributed by atoms with Gasteiger partial charge >= 0.3 is 71.1 Å². The quantitative estimate of drug-likeness (QED) is 0.174. The zero-order valence-corrected chi connectivity index (χ0v) is 22.6. The van der Waals surface area contributed by atoms with E-state index in [-0.39, 0.29) is 80.0 Å². The SMILES string of the molecule is O=C(O)c1ccc(S(=O)(=O)O)cc1[S-].O=C(O)c1ccc(S(=O)(=O)O)cc1[S-].[Na+].[Na+]. The minimum Gasteiger partial charge on any atom is -0.779 e. The number of rotatable bonds is 4. The first-order chi connectivity index (χ1) is 12.6. The molecule has 0 aliphatic carbocycles. The first kappa shape index (κ1) is 31.8. The van der Waals surface area contributed by atoms with Gasteiger partial charge in [0.15, 0.2) is 0 Å². The predicted octanol–water partition coefficient (Wildman–Crippen LogP) is -4.92. The van der Waals surface area contributed by atoms with Gasteiger partial charge in [0.05, 0.1) is 9.79 Å². The minimum atomic E-state index is -4.33. The van der Waals surface area contributed by atoms with Gasteiger partial charge in [0, 0.05) is 11.1 Å². The van der Waals surface area contributed by atoms with Crippen LogP contribution in [0.4, 0.5) is 0 Å². The summed E-state index contributed by atoms with van der Waals surface area (Å²) in [5.41, 5.74) is -0.347. The molecule has 0 bridgehead atoms. The normalized spacial score (nSPS) is 10.5. The topological polar surface area (TPSA) is 183 Å². The van der Waals surface area contributed by atoms with E-state index >= 15 is 0 Å². The Bertz CT molecular complexity index is 1060. The summed E-state index contributed by atoms with van der Waals surface area (Å²) in [6, 6.07) is 5.88. The Morgan fingerprint density at radius 1 is 0.667 bits per heavy atom. The Morgan fingerprint density at radius 3 is 1.10 bits per heavy atom. The Morgan fingerprint density at radius 2 is 0.933 bits per heavy atom. The molecule has 4 N–H and O–H groups in total. The largest absolute Gasteiger partial charge is 1.00 e. The molecule has 16 heteroatoms. The van der Waals surface area contributed by atoms with Crippen LogP contribution in [0.25, 0.3) is 0 Å². The molecule has 0 spiro atoms. The fourth-order valence-electron chi connectivity index (χ4n) is 1.68. The fourth-order valence-corrected chi connectivity index (χ4v) is 3.41. The van der Waals surface area contributed by atoms with Crippen molar-refractivity contribution in [3.05, 3.63) is 47.5 Å². The molecule has 0 saturated carbocycles. The van der Waals surface area contributed by atoms with Crippen molar-refractivity contribution in [2.45, 2.75) is 19.6 Å². The molecule has 0 radical (unpaired) electrons. The second-order valence-electron chi connectivity index (χ2n) is 4.88. The van der Waals surface area contributed by atoms with E-state index < -0.39 is 42.0 Å². The molecule has 10 nitrogen and oxygen atoms in total. The van der Waals surface area contributed by atoms with Gasteiger partial charge in [-0.2, -0.15) is 26.6 Å². The molecule has 2 aromatic carbocycles. The molecule has 152 valence electrons. The summed E-state index contributed by atoms with van der Waals surface area (Å²) >= 11 is 9.26. The number of aromatic carboxylic acids is 2. The molecule has 0 saturated heterocycles. The van der Waals surface area contributed by atoms with Crippen LogP contribution in [0, 0.1) is 0 Å². The van der Waals surface area contributed by atoms with Crippen LogP contribution in [0.5, 0.6) is 0 Å². The minimum absolute atomic E-state index is 0. The van der Waals surface area contributed by atoms with Crippen LogP contribution < -0.4 is 59.1 Å². The summed E-state index contributed by atoms with van der Waals surface area (Å²) in [6.45, 7) is 0. The van der Waals surface area contributed by atoms with Gasteiger partial charge in [0.25, 0.3) is 20.2 Å². The van der Waals surface area contributed by atoms with Crippen LogP contribution in [0.3, 0.4) is 0 Å². The molecule has 0 aliphatic heterocycles. The molecule has 0 heterocycles. The molecule has 0 aromatic heterocycles. The molecule has 0 fully saturated rings. The zero-order valence-electron chi connectivity index (χ0n) is 15.3. The second kappa shape index (κ2) is 12.6. The van der Waals surface area contributed by atoms with E-state index in [4.69, 9.17) is 19.3 Å². The van der Waals surface area contributed by atoms with E-state index in [1.54, 1.807) is 0 Å². The van der Waals surface area contributed by atoms with Crippen molar-refractivity contribution in [3.8, 4) is 0 Å². The molecule has 0 unspecified atom stereocenters. The van der Waals surface area contributed by atoms with Crippen molar-refractivity contribution in [1.29, 1.82) is 0 Å². The molecule has 0 amide bonds. The Kier molecular flexibility index (Phi) is 13.4. The van der Waals surface area contributed by atoms with Crippen LogP contribution in [0.2, 0.25) is 0 Å². The number of hydrogen-bond acceptors (Lipinski definition) is 8. The van der Waals surface area contributed by atoms with Crippen LogP contribution in [0.15, 0.2) is 56.0 Å². The summed E-state index contributed by atoms with van der Waals surface area (Å²) in [6.07, 6.45) is 0. The predicted molar refractivity (Wildman–Crippen MR) is 97.7 cm³/mol. The van der Waals surface area contributed by atoms with E-state index in [9.17, 15) is 26.4 Å². The standard InChI is InChI=1S/2C7H6O5S2.2Na/c2*8-7(9)5-2-1-4(3-6(5)13)14(10,11)12;;/h2*1-3,13H,(H,8,9)(H,10,11,12);;/q;;2*+1/p-2. The van der Waals surface area contributed by atoms with E-state index in [1.165, 1.54) is 0 Å². The molecule has 0 atom stereocenters. The van der Waals surface area contributed by atoms with Crippen molar-refractivity contribution >= 4 is 57.4 Å². The first-order valence-corrected chi connectivity index (χ1v) is 10.4. The molecular weight excluding hydrogens is 502 g/mol. The molecule has 0 aliphatic rings. The summed E-state index contributed by atoms with van der Waals surface area (Å²) < 4.78 is 59.8. The maximum Gasteiger partial charge on any atom is 1.00 e. The maximum atomic E-state index is 10.6. The Labute approximate surface area is 227 Å². The van der Waals surface area contributed by atoms with Crippen molar-refractivity contribution < 1.29 is 105 Å². The summed E-state index contributed by atoms with van der Waals surface area (Å²) in [5.74, 6) is -2.48. The van der Waals surface area contributed by atoms with Crippen molar-refractivity contribution in [3.63, 3.8) is 0 Å². The fraction of sp³-hybridized carbons (Fsp3) is 0. The number of benzene rings is 2. The van der Waals surface area contributed by atoms with Crippen LogP contribution >= 0.6 is 0 Å². The van der Waals surface area contributed by atoms with Gasteiger partial charge in [-0.3, -0.25) is 9.11 Å². The second-order valence-corrected chi connectivity index (χ2v) is 8.60. The van der Waals surface area contributed by atoms with Crippen LogP contribution in [-0.2, 0) is 45.5 Å². The zero-order chi connectivity index (χ0) is 21.9. The van der Waals surface area contributed by atoms with Gasteiger partial charge in [0.1, 0.15) is 0 Å². The smallest absolute Gasteiger partial charge is 0.779 e. The molecular formula is C14H10Na2O10S4. The molecule has 2 rings (SSSR count). The van der Waals surface area contributed by atoms with Gasteiger partial charge in [-0.05, 0) is 24.3 Å². The number of carboxylic acid groups (broad SMARTS) is 2. The maximum absolute atomic E-state index is 10.6. The van der Waals surface area contributed by atoms with Gasteiger partial charge in [-0.15, -0.1) is 0 Å². The van der Waals surface area contributed by atoms with E-state index in [0.29, 0.717) is 0 Å². The van der Waals surface area contributed by atoms with E-state index in [1.807, 2.05) is 0 Å². The summed E-state index contributed by atoms with van der Waals surface area (Å²) in [7, 11) is -8.65. The Balaban J connectivity index is 0. The van der Waals surface area contributed by atoms with Crippen molar-refractivity contribution in [1.82, 2.24) is 0 Å². The third-order valence-electron chi connectivity index (χ3n) is 2.96. The molecule has 30 heavy (non-hydrogen) atoms. The van der Waals surface area contributed by atoms with Crippen molar-refractivity contribution in [2.75, 3.05) is 0 Å². The van der Waals surface area contributed by atoms with Crippen LogP contribution in [0.1, 0.15) is 20.7 Å². The average molecular weight is 512 g/mol. The van der Waals surface area contributed by atoms with E-state index in [0.717, 1.165) is 36.4 Å². The number of carbonyl (C=O) groups is 2. The van der Waals surface area contributed by atoms with Crippen LogP contribution in [-0.4, -0.2) is 48.1 Å². The number of hydrogen-bond donors (Lipinski definition) is 4. The third kappa shape index (κ3) is 9.42. The van der Waals surface area contributed by atoms with Gasteiger partial charge in [-0.25, -0.2) is 9.59 Å². The Hall–Kier alpha value is -0.360.